The van der Waals surface area contributed by atoms with Crippen LogP contribution in [-0.4, -0.2) is 27.2 Å². The van der Waals surface area contributed by atoms with Gasteiger partial charge in [0.2, 0.25) is 4.96 Å². The second-order valence-corrected chi connectivity index (χ2v) is 7.63. The van der Waals surface area contributed by atoms with Crippen molar-refractivity contribution in [2.45, 2.75) is 13.0 Å². The molecule has 2 heterocycles. The van der Waals surface area contributed by atoms with Crippen molar-refractivity contribution in [2.24, 2.45) is 0 Å². The molecular formula is C20H17ClFN5OS. The number of urea groups is 1. The topological polar surface area (TPSA) is 71.3 Å². The van der Waals surface area contributed by atoms with Crippen molar-refractivity contribution in [3.63, 3.8) is 0 Å². The number of amides is 2. The van der Waals surface area contributed by atoms with Gasteiger partial charge in [-0.05, 0) is 29.8 Å². The van der Waals surface area contributed by atoms with Gasteiger partial charge in [-0.15, -0.1) is 16.4 Å². The van der Waals surface area contributed by atoms with Crippen LogP contribution in [0.1, 0.15) is 11.3 Å². The van der Waals surface area contributed by atoms with Crippen molar-refractivity contribution in [1.29, 1.82) is 0 Å². The van der Waals surface area contributed by atoms with Crippen LogP contribution >= 0.6 is 22.9 Å². The molecule has 0 saturated carbocycles. The molecule has 4 rings (SSSR count). The molecule has 2 amide bonds. The number of fused-ring (bicyclic) bond motifs is 1. The molecule has 2 aromatic heterocycles. The molecule has 0 radical (unpaired) electrons. The van der Waals surface area contributed by atoms with Gasteiger partial charge in [0.25, 0.3) is 0 Å². The van der Waals surface area contributed by atoms with E-state index in [4.69, 9.17) is 11.6 Å². The van der Waals surface area contributed by atoms with E-state index in [2.05, 4.69) is 20.7 Å². The average molecular weight is 430 g/mol. The van der Waals surface area contributed by atoms with E-state index < -0.39 is 0 Å². The maximum absolute atomic E-state index is 13.4. The largest absolute Gasteiger partial charge is 0.338 e. The first-order valence-corrected chi connectivity index (χ1v) is 10.2. The quantitative estimate of drug-likeness (QED) is 0.480. The SMILES string of the molecule is O=C(NCCc1csc2nc(-c3cccc(F)c3)nn12)NCc1ccc(Cl)cc1. The second kappa shape index (κ2) is 8.59. The molecule has 9 heteroatoms. The van der Waals surface area contributed by atoms with Crippen molar-refractivity contribution in [1.82, 2.24) is 25.2 Å². The van der Waals surface area contributed by atoms with E-state index in [1.807, 2.05) is 17.5 Å². The summed E-state index contributed by atoms with van der Waals surface area (Å²) in [5, 5.41) is 12.7. The van der Waals surface area contributed by atoms with E-state index in [0.717, 1.165) is 16.2 Å². The molecule has 0 saturated heterocycles. The Bertz CT molecular complexity index is 1140. The molecular weight excluding hydrogens is 413 g/mol. The highest BCUT2D eigenvalue weighted by Crippen LogP contribution is 2.21. The van der Waals surface area contributed by atoms with E-state index in [1.165, 1.54) is 23.5 Å². The van der Waals surface area contributed by atoms with E-state index in [9.17, 15) is 9.18 Å². The summed E-state index contributed by atoms with van der Waals surface area (Å²) in [6, 6.07) is 13.3. The van der Waals surface area contributed by atoms with Crippen LogP contribution in [0.25, 0.3) is 16.3 Å². The number of halogens is 2. The summed E-state index contributed by atoms with van der Waals surface area (Å²) in [4.78, 5) is 17.2. The number of carbonyl (C=O) groups excluding carboxylic acids is 1. The molecule has 0 spiro atoms. The summed E-state index contributed by atoms with van der Waals surface area (Å²) in [7, 11) is 0. The van der Waals surface area contributed by atoms with Gasteiger partial charge in [0, 0.05) is 35.5 Å². The van der Waals surface area contributed by atoms with Gasteiger partial charge >= 0.3 is 6.03 Å². The van der Waals surface area contributed by atoms with Crippen LogP contribution in [0.2, 0.25) is 5.02 Å². The summed E-state index contributed by atoms with van der Waals surface area (Å²) in [5.74, 6) is 0.154. The van der Waals surface area contributed by atoms with Crippen molar-refractivity contribution in [3.8, 4) is 11.4 Å². The van der Waals surface area contributed by atoms with Crippen molar-refractivity contribution < 1.29 is 9.18 Å². The van der Waals surface area contributed by atoms with Crippen molar-refractivity contribution >= 4 is 33.9 Å². The van der Waals surface area contributed by atoms with Gasteiger partial charge in [0.1, 0.15) is 5.82 Å². The zero-order valence-electron chi connectivity index (χ0n) is 15.2. The summed E-state index contributed by atoms with van der Waals surface area (Å²) in [5.41, 5.74) is 2.53. The Balaban J connectivity index is 1.32. The Hall–Kier alpha value is -2.97. The fourth-order valence-corrected chi connectivity index (χ4v) is 3.78. The normalized spacial score (nSPS) is 11.0. The first kappa shape index (κ1) is 19.4. The predicted octanol–water partition coefficient (Wildman–Crippen LogP) is 4.29. The monoisotopic (exact) mass is 429 g/mol. The Morgan fingerprint density at radius 1 is 1.17 bits per heavy atom. The summed E-state index contributed by atoms with van der Waals surface area (Å²) < 4.78 is 15.2. The summed E-state index contributed by atoms with van der Waals surface area (Å²) >= 11 is 7.31. The minimum Gasteiger partial charge on any atom is -0.338 e. The van der Waals surface area contributed by atoms with Crippen LogP contribution in [-0.2, 0) is 13.0 Å². The molecule has 0 aliphatic heterocycles. The predicted molar refractivity (Wildman–Crippen MR) is 112 cm³/mol. The smallest absolute Gasteiger partial charge is 0.315 e. The van der Waals surface area contributed by atoms with Gasteiger partial charge in [-0.2, -0.15) is 4.98 Å². The molecule has 2 N–H and O–H groups in total. The Morgan fingerprint density at radius 3 is 2.79 bits per heavy atom. The third-order valence-electron chi connectivity index (χ3n) is 4.27. The fourth-order valence-electron chi connectivity index (χ4n) is 2.80. The van der Waals surface area contributed by atoms with Crippen LogP contribution in [0, 0.1) is 5.82 Å². The van der Waals surface area contributed by atoms with Gasteiger partial charge in [0.05, 0.1) is 5.69 Å². The zero-order chi connectivity index (χ0) is 20.2. The number of hydrogen-bond donors (Lipinski definition) is 2. The third-order valence-corrected chi connectivity index (χ3v) is 5.38. The van der Waals surface area contributed by atoms with Crippen LogP contribution in [0.5, 0.6) is 0 Å². The highest BCUT2D eigenvalue weighted by molar-refractivity contribution is 7.15. The molecule has 0 aliphatic carbocycles. The standard InChI is InChI=1S/C20H17ClFN5OS/c21-15-6-4-13(5-7-15)11-24-19(28)23-9-8-17-12-29-20-25-18(26-27(17)20)14-2-1-3-16(22)10-14/h1-7,10,12H,8-9,11H2,(H2,23,24,28). The molecule has 29 heavy (non-hydrogen) atoms. The van der Waals surface area contributed by atoms with Gasteiger partial charge in [-0.1, -0.05) is 35.9 Å². The van der Waals surface area contributed by atoms with E-state index >= 15 is 0 Å². The van der Waals surface area contributed by atoms with Crippen LogP contribution in [0.3, 0.4) is 0 Å². The molecule has 0 fully saturated rings. The molecule has 0 atom stereocenters. The van der Waals surface area contributed by atoms with Gasteiger partial charge < -0.3 is 10.6 Å². The number of carbonyl (C=O) groups is 1. The Labute approximate surface area is 175 Å². The van der Waals surface area contributed by atoms with Gasteiger partial charge in [-0.3, -0.25) is 0 Å². The number of hydrogen-bond acceptors (Lipinski definition) is 4. The molecule has 6 nitrogen and oxygen atoms in total. The van der Waals surface area contributed by atoms with Gasteiger partial charge in [-0.25, -0.2) is 13.7 Å². The number of thiazole rings is 1. The lowest BCUT2D eigenvalue weighted by molar-refractivity contribution is 0.240. The first-order valence-electron chi connectivity index (χ1n) is 8.94. The highest BCUT2D eigenvalue weighted by atomic mass is 35.5. The number of benzene rings is 2. The lowest BCUT2D eigenvalue weighted by atomic mass is 10.2. The van der Waals surface area contributed by atoms with Crippen LogP contribution < -0.4 is 10.6 Å². The van der Waals surface area contributed by atoms with E-state index in [-0.39, 0.29) is 11.8 Å². The highest BCUT2D eigenvalue weighted by Gasteiger charge is 2.12. The second-order valence-electron chi connectivity index (χ2n) is 6.35. The van der Waals surface area contributed by atoms with E-state index in [1.54, 1.807) is 28.8 Å². The minimum atomic E-state index is -0.324. The number of aromatic nitrogens is 3. The average Bonchev–Trinajstić information content (AvgIpc) is 3.29. The van der Waals surface area contributed by atoms with E-state index in [0.29, 0.717) is 35.9 Å². The molecule has 0 aliphatic rings. The first-order chi connectivity index (χ1) is 14.1. The Kier molecular flexibility index (Phi) is 5.73. The zero-order valence-corrected chi connectivity index (χ0v) is 16.8. The number of nitrogens with one attached hydrogen (secondary N) is 2. The third kappa shape index (κ3) is 4.72. The van der Waals surface area contributed by atoms with Crippen molar-refractivity contribution in [2.75, 3.05) is 6.54 Å². The molecule has 4 aromatic rings. The van der Waals surface area contributed by atoms with Crippen LogP contribution in [0.15, 0.2) is 53.9 Å². The fraction of sp³-hybridized carbons (Fsp3) is 0.150. The molecule has 148 valence electrons. The summed E-state index contributed by atoms with van der Waals surface area (Å²) in [6.45, 7) is 0.874. The number of rotatable bonds is 6. The molecule has 0 unspecified atom stereocenters. The maximum Gasteiger partial charge on any atom is 0.315 e. The maximum atomic E-state index is 13.4. The minimum absolute atomic E-state index is 0.245. The Morgan fingerprint density at radius 2 is 2.00 bits per heavy atom. The van der Waals surface area contributed by atoms with Gasteiger partial charge in [0.15, 0.2) is 5.82 Å². The summed E-state index contributed by atoms with van der Waals surface area (Å²) in [6.07, 6.45) is 0.598. The van der Waals surface area contributed by atoms with Crippen molar-refractivity contribution in [3.05, 3.63) is 76.0 Å². The lowest BCUT2D eigenvalue weighted by Gasteiger charge is -2.07. The number of nitrogens with zero attached hydrogens (tertiary/aromatic N) is 3. The lowest BCUT2D eigenvalue weighted by Crippen LogP contribution is -2.36. The molecule has 2 aromatic carbocycles. The molecule has 0 bridgehead atoms. The van der Waals surface area contributed by atoms with Crippen LogP contribution in [0.4, 0.5) is 9.18 Å².